The van der Waals surface area contributed by atoms with Gasteiger partial charge in [-0.15, -0.1) is 0 Å². The highest BCUT2D eigenvalue weighted by atomic mass is 16.5. The molecule has 0 bridgehead atoms. The van der Waals surface area contributed by atoms with E-state index in [1.807, 2.05) is 6.92 Å². The SMILES string of the molecule is CCC(=O)OCCCCCCCCCCCCCCCCCCc1cc(C(C)(C)C)c(O)c(C(C)(C)C)c1. The Labute approximate surface area is 236 Å². The number of phenols is 1. The molecule has 3 nitrogen and oxygen atoms in total. The monoisotopic (exact) mass is 530 g/mol. The standard InChI is InChI=1S/C35H62O3/c1-8-32(36)38-26-24-22-20-18-16-14-12-10-9-11-13-15-17-19-21-23-25-29-27-30(34(2,3)4)33(37)31(28-29)35(5,6)7/h27-28,37H,8-26H2,1-7H3. The van der Waals surface area contributed by atoms with Crippen molar-refractivity contribution in [2.24, 2.45) is 0 Å². The van der Waals surface area contributed by atoms with Crippen molar-refractivity contribution in [1.82, 2.24) is 0 Å². The van der Waals surface area contributed by atoms with Crippen molar-refractivity contribution in [3.05, 3.63) is 28.8 Å². The number of hydrogen-bond donors (Lipinski definition) is 1. The van der Waals surface area contributed by atoms with Crippen molar-refractivity contribution in [2.75, 3.05) is 6.61 Å². The van der Waals surface area contributed by atoms with Crippen LogP contribution in [0.3, 0.4) is 0 Å². The molecule has 0 heterocycles. The molecule has 3 heteroatoms. The predicted molar refractivity (Wildman–Crippen MR) is 164 cm³/mol. The first-order valence-electron chi connectivity index (χ1n) is 16.0. The van der Waals surface area contributed by atoms with Crippen molar-refractivity contribution >= 4 is 5.97 Å². The third-order valence-electron chi connectivity index (χ3n) is 7.70. The second-order valence-corrected chi connectivity index (χ2v) is 13.5. The van der Waals surface area contributed by atoms with Crippen LogP contribution in [0.1, 0.15) is 174 Å². The minimum atomic E-state index is -0.0727. The molecule has 0 atom stereocenters. The molecule has 220 valence electrons. The lowest BCUT2D eigenvalue weighted by atomic mass is 9.78. The summed E-state index contributed by atoms with van der Waals surface area (Å²) in [7, 11) is 0. The number of phenolic OH excluding ortho intramolecular Hbond substituents is 1. The average molecular weight is 531 g/mol. The van der Waals surface area contributed by atoms with Gasteiger partial charge in [0.2, 0.25) is 0 Å². The second kappa shape index (κ2) is 18.7. The number of carbonyl (C=O) groups is 1. The Balaban J connectivity index is 2.04. The van der Waals surface area contributed by atoms with Crippen LogP contribution >= 0.6 is 0 Å². The number of hydrogen-bond acceptors (Lipinski definition) is 3. The first-order valence-corrected chi connectivity index (χ1v) is 16.0. The van der Waals surface area contributed by atoms with E-state index in [1.165, 1.54) is 102 Å². The highest BCUT2D eigenvalue weighted by molar-refractivity contribution is 5.68. The summed E-state index contributed by atoms with van der Waals surface area (Å²) in [5.41, 5.74) is 3.46. The summed E-state index contributed by atoms with van der Waals surface area (Å²) >= 11 is 0. The zero-order valence-electron chi connectivity index (χ0n) is 26.4. The number of esters is 1. The van der Waals surface area contributed by atoms with Gasteiger partial charge in [-0.2, -0.15) is 0 Å². The minimum Gasteiger partial charge on any atom is -0.507 e. The largest absolute Gasteiger partial charge is 0.507 e. The molecule has 0 amide bonds. The summed E-state index contributed by atoms with van der Waals surface area (Å²) < 4.78 is 5.11. The van der Waals surface area contributed by atoms with Crippen LogP contribution in [0.4, 0.5) is 0 Å². The highest BCUT2D eigenvalue weighted by Gasteiger charge is 2.26. The van der Waals surface area contributed by atoms with Gasteiger partial charge in [-0.3, -0.25) is 4.79 Å². The summed E-state index contributed by atoms with van der Waals surface area (Å²) in [6.45, 7) is 15.6. The first-order chi connectivity index (χ1) is 18.0. The molecule has 0 aliphatic rings. The maximum atomic E-state index is 11.1. The van der Waals surface area contributed by atoms with Crippen molar-refractivity contribution in [3.8, 4) is 5.75 Å². The van der Waals surface area contributed by atoms with Crippen LogP contribution in [0.15, 0.2) is 12.1 Å². The Hall–Kier alpha value is -1.51. The number of ether oxygens (including phenoxy) is 1. The van der Waals surface area contributed by atoms with Gasteiger partial charge in [-0.05, 0) is 46.8 Å². The summed E-state index contributed by atoms with van der Waals surface area (Å²) in [6, 6.07) is 4.50. The second-order valence-electron chi connectivity index (χ2n) is 13.5. The topological polar surface area (TPSA) is 46.5 Å². The maximum absolute atomic E-state index is 11.1. The third kappa shape index (κ3) is 15.2. The van der Waals surface area contributed by atoms with Crippen molar-refractivity contribution < 1.29 is 14.6 Å². The molecule has 0 aliphatic carbocycles. The molecule has 1 N–H and O–H groups in total. The van der Waals surface area contributed by atoms with Crippen LogP contribution in [0.5, 0.6) is 5.75 Å². The zero-order valence-corrected chi connectivity index (χ0v) is 26.4. The Morgan fingerprint density at radius 2 is 0.974 bits per heavy atom. The molecule has 38 heavy (non-hydrogen) atoms. The molecule has 1 aromatic carbocycles. The predicted octanol–water partition coefficient (Wildman–Crippen LogP) is 10.7. The smallest absolute Gasteiger partial charge is 0.305 e. The van der Waals surface area contributed by atoms with Crippen LogP contribution in [-0.2, 0) is 26.8 Å². The van der Waals surface area contributed by atoms with Crippen LogP contribution < -0.4 is 0 Å². The number of carbonyl (C=O) groups excluding carboxylic acids is 1. The van der Waals surface area contributed by atoms with E-state index in [0.717, 1.165) is 24.0 Å². The van der Waals surface area contributed by atoms with Gasteiger partial charge in [0.25, 0.3) is 0 Å². The van der Waals surface area contributed by atoms with E-state index in [9.17, 15) is 9.90 Å². The van der Waals surface area contributed by atoms with E-state index in [-0.39, 0.29) is 16.8 Å². The summed E-state index contributed by atoms with van der Waals surface area (Å²) in [6.07, 6.45) is 22.7. The highest BCUT2D eigenvalue weighted by Crippen LogP contribution is 2.40. The van der Waals surface area contributed by atoms with E-state index in [1.54, 1.807) is 0 Å². The van der Waals surface area contributed by atoms with Crippen LogP contribution in [0.2, 0.25) is 0 Å². The molecule has 0 aromatic heterocycles. The Morgan fingerprint density at radius 1 is 0.632 bits per heavy atom. The molecular weight excluding hydrogens is 468 g/mol. The van der Waals surface area contributed by atoms with E-state index in [4.69, 9.17) is 4.74 Å². The maximum Gasteiger partial charge on any atom is 0.305 e. The van der Waals surface area contributed by atoms with Crippen LogP contribution in [0.25, 0.3) is 0 Å². The van der Waals surface area contributed by atoms with Gasteiger partial charge in [0, 0.05) is 6.42 Å². The lowest BCUT2D eigenvalue weighted by Crippen LogP contribution is -2.18. The Kier molecular flexibility index (Phi) is 17.0. The number of benzene rings is 1. The number of unbranched alkanes of at least 4 members (excludes halogenated alkanes) is 15. The average Bonchev–Trinajstić information content (AvgIpc) is 2.84. The molecule has 0 spiro atoms. The molecule has 1 aromatic rings. The number of aryl methyl sites for hydroxylation is 1. The van der Waals surface area contributed by atoms with E-state index < -0.39 is 0 Å². The molecule has 0 saturated heterocycles. The van der Waals surface area contributed by atoms with Crippen molar-refractivity contribution in [1.29, 1.82) is 0 Å². The van der Waals surface area contributed by atoms with E-state index in [2.05, 4.69) is 53.7 Å². The normalized spacial score (nSPS) is 12.2. The summed E-state index contributed by atoms with van der Waals surface area (Å²) in [5, 5.41) is 10.9. The quantitative estimate of drug-likeness (QED) is 0.135. The van der Waals surface area contributed by atoms with Crippen molar-refractivity contribution in [2.45, 2.75) is 175 Å². The number of aromatic hydroxyl groups is 1. The molecule has 0 radical (unpaired) electrons. The zero-order chi connectivity index (χ0) is 28.4. The molecular formula is C35H62O3. The lowest BCUT2D eigenvalue weighted by molar-refractivity contribution is -0.143. The first kappa shape index (κ1) is 34.5. The van der Waals surface area contributed by atoms with Gasteiger partial charge in [0.1, 0.15) is 5.75 Å². The Morgan fingerprint density at radius 3 is 1.32 bits per heavy atom. The Bertz CT molecular complexity index is 731. The van der Waals surface area contributed by atoms with Gasteiger partial charge < -0.3 is 9.84 Å². The van der Waals surface area contributed by atoms with Gasteiger partial charge in [-0.1, -0.05) is 150 Å². The van der Waals surface area contributed by atoms with Gasteiger partial charge >= 0.3 is 5.97 Å². The summed E-state index contributed by atoms with van der Waals surface area (Å²) in [5.74, 6) is 0.421. The van der Waals surface area contributed by atoms with Crippen LogP contribution in [-0.4, -0.2) is 17.7 Å². The summed E-state index contributed by atoms with van der Waals surface area (Å²) in [4.78, 5) is 11.1. The van der Waals surface area contributed by atoms with E-state index >= 15 is 0 Å². The number of rotatable bonds is 20. The molecule has 0 aliphatic heterocycles. The van der Waals surface area contributed by atoms with E-state index in [0.29, 0.717) is 18.8 Å². The fraction of sp³-hybridized carbons (Fsp3) is 0.800. The fourth-order valence-electron chi connectivity index (χ4n) is 5.18. The van der Waals surface area contributed by atoms with Crippen LogP contribution in [0, 0.1) is 0 Å². The third-order valence-corrected chi connectivity index (χ3v) is 7.70. The molecule has 1 rings (SSSR count). The molecule has 0 fully saturated rings. The molecule has 0 unspecified atom stereocenters. The van der Waals surface area contributed by atoms with Gasteiger partial charge in [0.05, 0.1) is 6.61 Å². The van der Waals surface area contributed by atoms with Gasteiger partial charge in [0.15, 0.2) is 0 Å². The van der Waals surface area contributed by atoms with Crippen molar-refractivity contribution in [3.63, 3.8) is 0 Å². The molecule has 0 saturated carbocycles. The fourth-order valence-corrected chi connectivity index (χ4v) is 5.18. The minimum absolute atomic E-state index is 0.0477. The lowest BCUT2D eigenvalue weighted by Gasteiger charge is -2.28. The van der Waals surface area contributed by atoms with Gasteiger partial charge in [-0.25, -0.2) is 0 Å².